The standard InChI is InChI=1S/C32H27FN4O3S/c1-21-6-13-27(14-7-21)35-32-36-28(20-41-32)24-9-11-25(12-10-24)31(38)37-34-18-22-8-15-29(30(17-22)39-2)40-19-23-4-3-5-26(33)16-23/h3-18,20H,19H2,1-2H3,(H,35,36)(H,37,38)/b34-18-. The van der Waals surface area contributed by atoms with Crippen LogP contribution in [0.5, 0.6) is 11.5 Å². The van der Waals surface area contributed by atoms with Gasteiger partial charge in [-0.15, -0.1) is 11.3 Å². The Labute approximate surface area is 241 Å². The zero-order valence-electron chi connectivity index (χ0n) is 22.4. The van der Waals surface area contributed by atoms with Crippen LogP contribution < -0.4 is 20.2 Å². The largest absolute Gasteiger partial charge is 0.493 e. The number of aryl methyl sites for hydroxylation is 1. The van der Waals surface area contributed by atoms with Gasteiger partial charge in [0.05, 0.1) is 19.0 Å². The van der Waals surface area contributed by atoms with Crippen LogP contribution in [0.15, 0.2) is 101 Å². The zero-order chi connectivity index (χ0) is 28.6. The summed E-state index contributed by atoms with van der Waals surface area (Å²) >= 11 is 1.52. The van der Waals surface area contributed by atoms with Crippen LogP contribution in [0.1, 0.15) is 27.0 Å². The van der Waals surface area contributed by atoms with Gasteiger partial charge in [0.25, 0.3) is 5.91 Å². The molecule has 0 bridgehead atoms. The van der Waals surface area contributed by atoms with Gasteiger partial charge < -0.3 is 14.8 Å². The lowest BCUT2D eigenvalue weighted by Crippen LogP contribution is -2.17. The lowest BCUT2D eigenvalue weighted by Gasteiger charge is -2.11. The number of amides is 1. The molecule has 0 fully saturated rings. The van der Waals surface area contributed by atoms with Crippen LogP contribution in [-0.2, 0) is 6.61 Å². The van der Waals surface area contributed by atoms with Crippen LogP contribution >= 0.6 is 11.3 Å². The summed E-state index contributed by atoms with van der Waals surface area (Å²) in [6.07, 6.45) is 1.52. The number of anilines is 2. The monoisotopic (exact) mass is 566 g/mol. The highest BCUT2D eigenvalue weighted by molar-refractivity contribution is 7.14. The van der Waals surface area contributed by atoms with Gasteiger partial charge in [-0.25, -0.2) is 14.8 Å². The number of hydrazone groups is 1. The molecule has 206 valence electrons. The van der Waals surface area contributed by atoms with E-state index in [2.05, 4.69) is 20.8 Å². The molecule has 0 radical (unpaired) electrons. The molecule has 1 amide bonds. The van der Waals surface area contributed by atoms with E-state index in [0.29, 0.717) is 28.2 Å². The van der Waals surface area contributed by atoms with Gasteiger partial charge in [0, 0.05) is 22.2 Å². The van der Waals surface area contributed by atoms with Gasteiger partial charge in [-0.3, -0.25) is 4.79 Å². The number of halogens is 1. The lowest BCUT2D eigenvalue weighted by molar-refractivity contribution is 0.0955. The van der Waals surface area contributed by atoms with Crippen LogP contribution in [0.25, 0.3) is 11.3 Å². The van der Waals surface area contributed by atoms with Crippen molar-refractivity contribution in [1.29, 1.82) is 0 Å². The molecule has 2 N–H and O–H groups in total. The number of carbonyl (C=O) groups excluding carboxylic acids is 1. The number of nitrogens with zero attached hydrogens (tertiary/aromatic N) is 2. The topological polar surface area (TPSA) is 84.8 Å². The highest BCUT2D eigenvalue weighted by atomic mass is 32.1. The van der Waals surface area contributed by atoms with Crippen molar-refractivity contribution in [2.75, 3.05) is 12.4 Å². The minimum absolute atomic E-state index is 0.199. The van der Waals surface area contributed by atoms with Crippen molar-refractivity contribution in [3.05, 3.63) is 124 Å². The average Bonchev–Trinajstić information content (AvgIpc) is 3.46. The van der Waals surface area contributed by atoms with Crippen molar-refractivity contribution in [2.24, 2.45) is 5.10 Å². The van der Waals surface area contributed by atoms with Crippen LogP contribution in [0.3, 0.4) is 0 Å². The molecule has 5 rings (SSSR count). The Hall–Kier alpha value is -5.02. The quantitative estimate of drug-likeness (QED) is 0.136. The number of nitrogens with one attached hydrogen (secondary N) is 2. The number of rotatable bonds is 10. The fourth-order valence-electron chi connectivity index (χ4n) is 3.92. The molecule has 0 saturated heterocycles. The molecular formula is C32H27FN4O3S. The minimum Gasteiger partial charge on any atom is -0.493 e. The second kappa shape index (κ2) is 12.9. The van der Waals surface area contributed by atoms with Crippen molar-refractivity contribution in [1.82, 2.24) is 10.4 Å². The Morgan fingerprint density at radius 1 is 1.00 bits per heavy atom. The Morgan fingerprint density at radius 3 is 2.56 bits per heavy atom. The molecular weight excluding hydrogens is 539 g/mol. The molecule has 0 aliphatic rings. The fraction of sp³-hybridized carbons (Fsp3) is 0.0938. The van der Waals surface area contributed by atoms with E-state index in [1.54, 1.807) is 42.5 Å². The lowest BCUT2D eigenvalue weighted by atomic mass is 10.1. The van der Waals surface area contributed by atoms with E-state index in [1.807, 2.05) is 48.7 Å². The summed E-state index contributed by atoms with van der Waals surface area (Å²) in [6.45, 7) is 2.25. The Bertz CT molecular complexity index is 1670. The van der Waals surface area contributed by atoms with Gasteiger partial charge in [-0.05, 0) is 72.6 Å². The number of aromatic nitrogens is 1. The van der Waals surface area contributed by atoms with Crippen molar-refractivity contribution < 1.29 is 18.7 Å². The van der Waals surface area contributed by atoms with Gasteiger partial charge in [0.1, 0.15) is 12.4 Å². The van der Waals surface area contributed by atoms with E-state index < -0.39 is 0 Å². The molecule has 0 atom stereocenters. The highest BCUT2D eigenvalue weighted by Gasteiger charge is 2.09. The molecule has 0 unspecified atom stereocenters. The third kappa shape index (κ3) is 7.34. The smallest absolute Gasteiger partial charge is 0.271 e. The first-order chi connectivity index (χ1) is 20.0. The predicted octanol–water partition coefficient (Wildman–Crippen LogP) is 7.35. The van der Waals surface area contributed by atoms with Gasteiger partial charge in [-0.1, -0.05) is 42.0 Å². The minimum atomic E-state index is -0.338. The third-order valence-electron chi connectivity index (χ3n) is 6.10. The molecule has 1 heterocycles. The molecule has 5 aromatic rings. The van der Waals surface area contributed by atoms with Crippen molar-refractivity contribution in [2.45, 2.75) is 13.5 Å². The fourth-order valence-corrected chi connectivity index (χ4v) is 4.66. The van der Waals surface area contributed by atoms with Gasteiger partial charge in [0.15, 0.2) is 16.6 Å². The maximum atomic E-state index is 13.4. The predicted molar refractivity (Wildman–Crippen MR) is 161 cm³/mol. The number of benzene rings is 4. The second-order valence-corrected chi connectivity index (χ2v) is 9.99. The SMILES string of the molecule is COc1cc(/C=N\NC(=O)c2ccc(-c3csc(Nc4ccc(C)cc4)n3)cc2)ccc1OCc1cccc(F)c1. The van der Waals surface area contributed by atoms with E-state index in [9.17, 15) is 9.18 Å². The van der Waals surface area contributed by atoms with Crippen molar-refractivity contribution in [3.8, 4) is 22.8 Å². The summed E-state index contributed by atoms with van der Waals surface area (Å²) in [4.78, 5) is 17.3. The van der Waals surface area contributed by atoms with E-state index >= 15 is 0 Å². The normalized spacial score (nSPS) is 10.9. The van der Waals surface area contributed by atoms with E-state index in [1.165, 1.54) is 42.4 Å². The second-order valence-electron chi connectivity index (χ2n) is 9.13. The maximum absolute atomic E-state index is 13.4. The van der Waals surface area contributed by atoms with Crippen LogP contribution in [0.2, 0.25) is 0 Å². The molecule has 0 aliphatic heterocycles. The number of carbonyl (C=O) groups is 1. The molecule has 41 heavy (non-hydrogen) atoms. The van der Waals surface area contributed by atoms with Crippen LogP contribution in [-0.4, -0.2) is 24.2 Å². The van der Waals surface area contributed by atoms with Crippen molar-refractivity contribution in [3.63, 3.8) is 0 Å². The number of thiazole rings is 1. The first-order valence-corrected chi connectivity index (χ1v) is 13.6. The molecule has 1 aromatic heterocycles. The molecule has 4 aromatic carbocycles. The van der Waals surface area contributed by atoms with Crippen molar-refractivity contribution >= 4 is 34.3 Å². The Kier molecular flexibility index (Phi) is 8.66. The van der Waals surface area contributed by atoms with Gasteiger partial charge >= 0.3 is 0 Å². The molecule has 0 aliphatic carbocycles. The molecule has 0 spiro atoms. The number of methoxy groups -OCH3 is 1. The van der Waals surface area contributed by atoms with E-state index in [0.717, 1.165) is 22.1 Å². The number of hydrogen-bond acceptors (Lipinski definition) is 7. The maximum Gasteiger partial charge on any atom is 0.271 e. The first kappa shape index (κ1) is 27.5. The van der Waals surface area contributed by atoms with Gasteiger partial charge in [0.2, 0.25) is 0 Å². The highest BCUT2D eigenvalue weighted by Crippen LogP contribution is 2.29. The third-order valence-corrected chi connectivity index (χ3v) is 6.86. The number of hydrogen-bond donors (Lipinski definition) is 2. The summed E-state index contributed by atoms with van der Waals surface area (Å²) in [6, 6.07) is 26.8. The van der Waals surface area contributed by atoms with Crippen LogP contribution in [0.4, 0.5) is 15.2 Å². The first-order valence-electron chi connectivity index (χ1n) is 12.8. The Morgan fingerprint density at radius 2 is 1.80 bits per heavy atom. The summed E-state index contributed by atoms with van der Waals surface area (Å²) < 4.78 is 24.6. The summed E-state index contributed by atoms with van der Waals surface area (Å²) in [5.41, 5.74) is 8.34. The van der Waals surface area contributed by atoms with E-state index in [-0.39, 0.29) is 18.3 Å². The summed E-state index contributed by atoms with van der Waals surface area (Å²) in [7, 11) is 1.53. The molecule has 7 nitrogen and oxygen atoms in total. The molecule has 9 heteroatoms. The summed E-state index contributed by atoms with van der Waals surface area (Å²) in [5.74, 6) is 0.348. The number of ether oxygens (including phenoxy) is 2. The molecule has 0 saturated carbocycles. The Balaban J connectivity index is 1.16. The van der Waals surface area contributed by atoms with Gasteiger partial charge in [-0.2, -0.15) is 5.10 Å². The van der Waals surface area contributed by atoms with Crippen LogP contribution in [0, 0.1) is 12.7 Å². The summed E-state index contributed by atoms with van der Waals surface area (Å²) in [5, 5.41) is 10.2. The average molecular weight is 567 g/mol. The van der Waals surface area contributed by atoms with E-state index in [4.69, 9.17) is 9.47 Å². The zero-order valence-corrected chi connectivity index (χ0v) is 23.2.